The average Bonchev–Trinajstić information content (AvgIpc) is 2.58. The van der Waals surface area contributed by atoms with Crippen molar-refractivity contribution in [3.63, 3.8) is 0 Å². The van der Waals surface area contributed by atoms with Gasteiger partial charge >= 0.3 is 0 Å². The molecule has 0 radical (unpaired) electrons. The Morgan fingerprint density at radius 1 is 1.50 bits per heavy atom. The lowest BCUT2D eigenvalue weighted by atomic mass is 10.3. The zero-order chi connectivity index (χ0) is 9.97. The Hall–Kier alpha value is -1.97. The maximum atomic E-state index is 10.7. The predicted molar refractivity (Wildman–Crippen MR) is 52.7 cm³/mol. The van der Waals surface area contributed by atoms with Gasteiger partial charge in [-0.1, -0.05) is 11.3 Å². The Labute approximate surface area is 80.9 Å². The van der Waals surface area contributed by atoms with E-state index < -0.39 is 0 Å². The van der Waals surface area contributed by atoms with E-state index >= 15 is 0 Å². The molecule has 0 aliphatic heterocycles. The summed E-state index contributed by atoms with van der Waals surface area (Å²) in [4.78, 5) is 10.7. The monoisotopic (exact) mass is 187 g/mol. The number of pyridine rings is 1. The molecule has 2 rings (SSSR count). The second kappa shape index (κ2) is 3.41. The van der Waals surface area contributed by atoms with Crippen LogP contribution in [0.25, 0.3) is 11.6 Å². The fraction of sp³-hybridized carbons (Fsp3) is 0.100. The fourth-order valence-corrected chi connectivity index (χ4v) is 1.18. The molecule has 0 fully saturated rings. The lowest BCUT2D eigenvalue weighted by molar-refractivity contribution is -0.112. The normalized spacial score (nSPS) is 11.2. The number of allylic oxidation sites excluding steroid dienone is 1. The van der Waals surface area contributed by atoms with E-state index in [1.165, 1.54) is 13.0 Å². The smallest absolute Gasteiger partial charge is 0.152 e. The van der Waals surface area contributed by atoms with Gasteiger partial charge in [-0.05, 0) is 31.2 Å². The first kappa shape index (κ1) is 8.62. The maximum absolute atomic E-state index is 10.7. The van der Waals surface area contributed by atoms with Crippen LogP contribution in [0.1, 0.15) is 12.6 Å². The number of carbonyl (C=O) groups excluding carboxylic acids is 1. The Kier molecular flexibility index (Phi) is 2.10. The Morgan fingerprint density at radius 2 is 2.36 bits per heavy atom. The molecule has 0 unspecified atom stereocenters. The van der Waals surface area contributed by atoms with Gasteiger partial charge < -0.3 is 0 Å². The minimum absolute atomic E-state index is 0.00193. The first-order chi connectivity index (χ1) is 6.77. The molecule has 14 heavy (non-hydrogen) atoms. The number of aromatic nitrogens is 3. The van der Waals surface area contributed by atoms with Gasteiger partial charge in [0.1, 0.15) is 5.69 Å². The van der Waals surface area contributed by atoms with Gasteiger partial charge in [0.15, 0.2) is 5.78 Å². The van der Waals surface area contributed by atoms with Crippen LogP contribution in [0.3, 0.4) is 0 Å². The molecule has 4 nitrogen and oxygen atoms in total. The lowest BCUT2D eigenvalue weighted by Crippen LogP contribution is -1.83. The van der Waals surface area contributed by atoms with Crippen LogP contribution in [0.2, 0.25) is 0 Å². The molecule has 0 spiro atoms. The third-order valence-electron chi connectivity index (χ3n) is 1.83. The van der Waals surface area contributed by atoms with Gasteiger partial charge in [0, 0.05) is 6.20 Å². The third-order valence-corrected chi connectivity index (χ3v) is 1.83. The van der Waals surface area contributed by atoms with Crippen molar-refractivity contribution >= 4 is 17.4 Å². The number of hydrogen-bond acceptors (Lipinski definition) is 3. The fourth-order valence-electron chi connectivity index (χ4n) is 1.18. The minimum atomic E-state index is 0.00193. The second-order valence-corrected chi connectivity index (χ2v) is 2.95. The molecule has 2 aromatic heterocycles. The molecule has 0 aliphatic rings. The highest BCUT2D eigenvalue weighted by Gasteiger charge is 2.00. The van der Waals surface area contributed by atoms with Crippen LogP contribution in [0.15, 0.2) is 30.5 Å². The Morgan fingerprint density at radius 3 is 3.14 bits per heavy atom. The zero-order valence-corrected chi connectivity index (χ0v) is 7.71. The number of carbonyl (C=O) groups is 1. The van der Waals surface area contributed by atoms with Gasteiger partial charge in [-0.2, -0.15) is 0 Å². The van der Waals surface area contributed by atoms with E-state index in [2.05, 4.69) is 10.3 Å². The van der Waals surface area contributed by atoms with Gasteiger partial charge in [0.25, 0.3) is 0 Å². The largest absolute Gasteiger partial charge is 0.295 e. The molecule has 0 amide bonds. The summed E-state index contributed by atoms with van der Waals surface area (Å²) in [6, 6.07) is 5.68. The van der Waals surface area contributed by atoms with Crippen molar-refractivity contribution in [2.24, 2.45) is 0 Å². The van der Waals surface area contributed by atoms with E-state index in [1.807, 2.05) is 24.4 Å². The quantitative estimate of drug-likeness (QED) is 0.666. The number of nitrogens with zero attached hydrogens (tertiary/aromatic N) is 3. The van der Waals surface area contributed by atoms with Crippen LogP contribution < -0.4 is 0 Å². The molecule has 0 saturated heterocycles. The molecule has 2 aromatic rings. The summed E-state index contributed by atoms with van der Waals surface area (Å²) < 4.78 is 1.67. The van der Waals surface area contributed by atoms with Crippen molar-refractivity contribution in [3.05, 3.63) is 36.2 Å². The molecule has 0 bridgehead atoms. The summed E-state index contributed by atoms with van der Waals surface area (Å²) in [6.07, 6.45) is 4.97. The Balaban J connectivity index is 2.48. The van der Waals surface area contributed by atoms with Crippen molar-refractivity contribution < 1.29 is 4.79 Å². The molecule has 0 aliphatic carbocycles. The van der Waals surface area contributed by atoms with Crippen molar-refractivity contribution in [1.29, 1.82) is 0 Å². The van der Waals surface area contributed by atoms with E-state index in [-0.39, 0.29) is 5.78 Å². The molecular weight excluding hydrogens is 178 g/mol. The van der Waals surface area contributed by atoms with Crippen LogP contribution in [0.4, 0.5) is 0 Å². The highest BCUT2D eigenvalue weighted by Crippen LogP contribution is 2.08. The standard InChI is InChI=1S/C10H9N3O/c1-8(14)5-6-9-10-4-2-3-7-13(10)12-11-9/h2-7H,1H3/b6-5+. The molecule has 0 N–H and O–H groups in total. The van der Waals surface area contributed by atoms with Crippen LogP contribution in [0.5, 0.6) is 0 Å². The van der Waals surface area contributed by atoms with Crippen LogP contribution in [-0.4, -0.2) is 20.6 Å². The number of rotatable bonds is 2. The van der Waals surface area contributed by atoms with Crippen LogP contribution in [-0.2, 0) is 4.79 Å². The van der Waals surface area contributed by atoms with Crippen LogP contribution >= 0.6 is 0 Å². The van der Waals surface area contributed by atoms with Crippen molar-refractivity contribution in [2.75, 3.05) is 0 Å². The molecule has 2 heterocycles. The number of fused-ring (bicyclic) bond motifs is 1. The SMILES string of the molecule is CC(=O)/C=C/c1nnn2ccccc12. The first-order valence-corrected chi connectivity index (χ1v) is 4.26. The third kappa shape index (κ3) is 1.54. The number of hydrogen-bond donors (Lipinski definition) is 0. The zero-order valence-electron chi connectivity index (χ0n) is 7.71. The summed E-state index contributed by atoms with van der Waals surface area (Å²) in [5.74, 6) is 0.00193. The lowest BCUT2D eigenvalue weighted by Gasteiger charge is -1.88. The summed E-state index contributed by atoms with van der Waals surface area (Å²) in [6.45, 7) is 1.50. The summed E-state index contributed by atoms with van der Waals surface area (Å²) in [7, 11) is 0. The molecular formula is C10H9N3O. The summed E-state index contributed by atoms with van der Waals surface area (Å²) in [5, 5.41) is 7.84. The van der Waals surface area contributed by atoms with Crippen molar-refractivity contribution in [3.8, 4) is 0 Å². The molecule has 70 valence electrons. The van der Waals surface area contributed by atoms with Gasteiger partial charge in [0.2, 0.25) is 0 Å². The van der Waals surface area contributed by atoms with Gasteiger partial charge in [-0.25, -0.2) is 4.52 Å². The summed E-state index contributed by atoms with van der Waals surface area (Å²) in [5.41, 5.74) is 1.60. The predicted octanol–water partition coefficient (Wildman–Crippen LogP) is 1.33. The molecule has 0 atom stereocenters. The minimum Gasteiger partial charge on any atom is -0.295 e. The number of ketones is 1. The second-order valence-electron chi connectivity index (χ2n) is 2.95. The molecule has 4 heteroatoms. The van der Waals surface area contributed by atoms with Gasteiger partial charge in [0.05, 0.1) is 5.52 Å². The van der Waals surface area contributed by atoms with E-state index in [1.54, 1.807) is 10.6 Å². The van der Waals surface area contributed by atoms with E-state index in [0.29, 0.717) is 5.69 Å². The van der Waals surface area contributed by atoms with Gasteiger partial charge in [-0.15, -0.1) is 5.10 Å². The van der Waals surface area contributed by atoms with Gasteiger partial charge in [-0.3, -0.25) is 4.79 Å². The van der Waals surface area contributed by atoms with E-state index in [0.717, 1.165) is 5.52 Å². The first-order valence-electron chi connectivity index (χ1n) is 4.26. The van der Waals surface area contributed by atoms with Crippen LogP contribution in [0, 0.1) is 0 Å². The molecule has 0 aromatic carbocycles. The molecule has 0 saturated carbocycles. The summed E-state index contributed by atoms with van der Waals surface area (Å²) >= 11 is 0. The maximum Gasteiger partial charge on any atom is 0.152 e. The topological polar surface area (TPSA) is 47.3 Å². The van der Waals surface area contributed by atoms with E-state index in [9.17, 15) is 4.79 Å². The average molecular weight is 187 g/mol. The van der Waals surface area contributed by atoms with Crippen molar-refractivity contribution in [1.82, 2.24) is 14.8 Å². The highest BCUT2D eigenvalue weighted by molar-refractivity contribution is 5.92. The Bertz CT molecular complexity index is 499. The highest BCUT2D eigenvalue weighted by atomic mass is 16.1. The van der Waals surface area contributed by atoms with Crippen molar-refractivity contribution in [2.45, 2.75) is 6.92 Å². The van der Waals surface area contributed by atoms with E-state index in [4.69, 9.17) is 0 Å².